The van der Waals surface area contributed by atoms with Gasteiger partial charge in [-0.3, -0.25) is 4.79 Å². The Kier molecular flexibility index (Phi) is 6.87. The smallest absolute Gasteiger partial charge is 0.310 e. The number of benzene rings is 1. The van der Waals surface area contributed by atoms with Crippen LogP contribution in [0.1, 0.15) is 43.9 Å². The van der Waals surface area contributed by atoms with Gasteiger partial charge in [-0.15, -0.1) is 0 Å². The molecule has 0 spiro atoms. The molecule has 0 fully saturated rings. The standard InChI is InChI=1S/C18H22BrNO5/c1-5-22-16-8-13(14(19)10-17(16)23-6-2)9-18(21)24-12(4)15-7-11(3)25-20-15/h7-8,10,12H,5-6,9H2,1-4H3/t12-/m0/s1. The van der Waals surface area contributed by atoms with E-state index in [1.165, 1.54) is 0 Å². The molecule has 0 saturated carbocycles. The highest BCUT2D eigenvalue weighted by Crippen LogP contribution is 2.34. The third-order valence-corrected chi connectivity index (χ3v) is 4.16. The molecular weight excluding hydrogens is 390 g/mol. The highest BCUT2D eigenvalue weighted by molar-refractivity contribution is 9.10. The molecule has 2 aromatic rings. The number of hydrogen-bond acceptors (Lipinski definition) is 6. The minimum absolute atomic E-state index is 0.105. The molecule has 0 aliphatic carbocycles. The number of rotatable bonds is 8. The topological polar surface area (TPSA) is 70.8 Å². The Morgan fingerprint density at radius 2 is 1.84 bits per heavy atom. The first kappa shape index (κ1) is 19.3. The minimum Gasteiger partial charge on any atom is -0.490 e. The van der Waals surface area contributed by atoms with Crippen LogP contribution in [-0.2, 0) is 16.0 Å². The average molecular weight is 412 g/mol. The van der Waals surface area contributed by atoms with Crippen LogP contribution in [-0.4, -0.2) is 24.3 Å². The summed E-state index contributed by atoms with van der Waals surface area (Å²) < 4.78 is 22.4. The molecule has 0 aliphatic heterocycles. The molecule has 0 radical (unpaired) electrons. The van der Waals surface area contributed by atoms with Crippen molar-refractivity contribution in [3.8, 4) is 11.5 Å². The lowest BCUT2D eigenvalue weighted by atomic mass is 10.1. The van der Waals surface area contributed by atoms with Crippen molar-refractivity contribution in [3.05, 3.63) is 39.7 Å². The predicted molar refractivity (Wildman–Crippen MR) is 95.9 cm³/mol. The fraction of sp³-hybridized carbons (Fsp3) is 0.444. The molecule has 25 heavy (non-hydrogen) atoms. The zero-order chi connectivity index (χ0) is 18.4. The van der Waals surface area contributed by atoms with Crippen LogP contribution in [0.2, 0.25) is 0 Å². The number of nitrogens with zero attached hydrogens (tertiary/aromatic N) is 1. The first-order chi connectivity index (χ1) is 11.9. The Morgan fingerprint density at radius 1 is 1.20 bits per heavy atom. The Labute approximate surface area is 155 Å². The van der Waals surface area contributed by atoms with Crippen molar-refractivity contribution in [3.63, 3.8) is 0 Å². The number of carbonyl (C=O) groups excluding carboxylic acids is 1. The molecule has 1 heterocycles. The summed E-state index contributed by atoms with van der Waals surface area (Å²) >= 11 is 3.47. The van der Waals surface area contributed by atoms with Gasteiger partial charge in [0.05, 0.1) is 19.6 Å². The van der Waals surface area contributed by atoms with E-state index < -0.39 is 6.10 Å². The molecular formula is C18H22BrNO5. The normalized spacial score (nSPS) is 11.9. The lowest BCUT2D eigenvalue weighted by Gasteiger charge is -2.15. The second-order valence-electron chi connectivity index (χ2n) is 5.43. The van der Waals surface area contributed by atoms with Gasteiger partial charge in [0.25, 0.3) is 0 Å². The van der Waals surface area contributed by atoms with E-state index in [0.29, 0.717) is 36.2 Å². The van der Waals surface area contributed by atoms with Crippen molar-refractivity contribution in [1.29, 1.82) is 0 Å². The second kappa shape index (κ2) is 8.89. The highest BCUT2D eigenvalue weighted by Gasteiger charge is 2.18. The van der Waals surface area contributed by atoms with Crippen molar-refractivity contribution in [2.75, 3.05) is 13.2 Å². The molecule has 0 unspecified atom stereocenters. The summed E-state index contributed by atoms with van der Waals surface area (Å²) in [5, 5.41) is 3.87. The van der Waals surface area contributed by atoms with Crippen LogP contribution < -0.4 is 9.47 Å². The monoisotopic (exact) mass is 411 g/mol. The molecule has 1 aromatic carbocycles. The Bertz CT molecular complexity index is 728. The lowest BCUT2D eigenvalue weighted by molar-refractivity contribution is -0.148. The van der Waals surface area contributed by atoms with E-state index in [2.05, 4.69) is 21.1 Å². The number of aromatic nitrogens is 1. The summed E-state index contributed by atoms with van der Waals surface area (Å²) in [5.74, 6) is 1.56. The zero-order valence-electron chi connectivity index (χ0n) is 14.8. The zero-order valence-corrected chi connectivity index (χ0v) is 16.4. The van der Waals surface area contributed by atoms with Gasteiger partial charge in [-0.1, -0.05) is 21.1 Å². The Morgan fingerprint density at radius 3 is 2.40 bits per heavy atom. The third-order valence-electron chi connectivity index (χ3n) is 3.42. The van der Waals surface area contributed by atoms with Crippen LogP contribution >= 0.6 is 15.9 Å². The number of aryl methyl sites for hydroxylation is 1. The molecule has 6 nitrogen and oxygen atoms in total. The molecule has 136 valence electrons. The molecule has 0 aliphatic rings. The molecule has 7 heteroatoms. The Balaban J connectivity index is 2.10. The molecule has 1 atom stereocenters. The van der Waals surface area contributed by atoms with Gasteiger partial charge in [-0.05, 0) is 45.4 Å². The van der Waals surface area contributed by atoms with Gasteiger partial charge in [0, 0.05) is 10.5 Å². The number of ether oxygens (including phenoxy) is 3. The van der Waals surface area contributed by atoms with Crippen LogP contribution in [0.25, 0.3) is 0 Å². The molecule has 0 amide bonds. The first-order valence-corrected chi connectivity index (χ1v) is 8.94. The maximum absolute atomic E-state index is 12.3. The lowest BCUT2D eigenvalue weighted by Crippen LogP contribution is -2.12. The van der Waals surface area contributed by atoms with Crippen molar-refractivity contribution in [1.82, 2.24) is 5.16 Å². The second-order valence-corrected chi connectivity index (χ2v) is 6.28. The summed E-state index contributed by atoms with van der Waals surface area (Å²) in [6.07, 6.45) is -0.369. The van der Waals surface area contributed by atoms with Crippen molar-refractivity contribution in [2.45, 2.75) is 40.2 Å². The highest BCUT2D eigenvalue weighted by atomic mass is 79.9. The number of hydrogen-bond donors (Lipinski definition) is 0. The minimum atomic E-state index is -0.474. The quantitative estimate of drug-likeness (QED) is 0.599. The van der Waals surface area contributed by atoms with Crippen LogP contribution in [0.5, 0.6) is 11.5 Å². The first-order valence-electron chi connectivity index (χ1n) is 8.15. The average Bonchev–Trinajstić information content (AvgIpc) is 2.98. The summed E-state index contributed by atoms with van der Waals surface area (Å²) in [4.78, 5) is 12.3. The van der Waals surface area contributed by atoms with Gasteiger partial charge in [-0.2, -0.15) is 0 Å². The predicted octanol–water partition coefficient (Wildman–Crippen LogP) is 4.39. The molecule has 2 rings (SSSR count). The maximum atomic E-state index is 12.3. The van der Waals surface area contributed by atoms with Gasteiger partial charge in [0.2, 0.25) is 0 Å². The van der Waals surface area contributed by atoms with Gasteiger partial charge >= 0.3 is 5.97 Å². The van der Waals surface area contributed by atoms with Crippen molar-refractivity contribution in [2.24, 2.45) is 0 Å². The van der Waals surface area contributed by atoms with E-state index >= 15 is 0 Å². The van der Waals surface area contributed by atoms with Crippen LogP contribution in [0.3, 0.4) is 0 Å². The maximum Gasteiger partial charge on any atom is 0.310 e. The van der Waals surface area contributed by atoms with Gasteiger partial charge < -0.3 is 18.7 Å². The molecule has 0 N–H and O–H groups in total. The van der Waals surface area contributed by atoms with Crippen molar-refractivity contribution >= 4 is 21.9 Å². The van der Waals surface area contributed by atoms with E-state index in [0.717, 1.165) is 10.0 Å². The summed E-state index contributed by atoms with van der Waals surface area (Å²) in [6, 6.07) is 5.35. The number of esters is 1. The molecule has 0 saturated heterocycles. The Hall–Kier alpha value is -2.02. The molecule has 1 aromatic heterocycles. The van der Waals surface area contributed by atoms with Crippen LogP contribution in [0, 0.1) is 6.92 Å². The number of carbonyl (C=O) groups is 1. The fourth-order valence-electron chi connectivity index (χ4n) is 2.28. The van der Waals surface area contributed by atoms with E-state index in [-0.39, 0.29) is 12.4 Å². The summed E-state index contributed by atoms with van der Waals surface area (Å²) in [7, 11) is 0. The fourth-order valence-corrected chi connectivity index (χ4v) is 2.74. The van der Waals surface area contributed by atoms with Crippen molar-refractivity contribution < 1.29 is 23.5 Å². The van der Waals surface area contributed by atoms with E-state index in [9.17, 15) is 4.79 Å². The molecule has 0 bridgehead atoms. The third kappa shape index (κ3) is 5.22. The largest absolute Gasteiger partial charge is 0.490 e. The number of halogens is 1. The van der Waals surface area contributed by atoms with Gasteiger partial charge in [0.1, 0.15) is 17.6 Å². The van der Waals surface area contributed by atoms with Gasteiger partial charge in [0.15, 0.2) is 11.5 Å². The van der Waals surface area contributed by atoms with Crippen LogP contribution in [0.4, 0.5) is 0 Å². The van der Waals surface area contributed by atoms with Crippen LogP contribution in [0.15, 0.2) is 27.2 Å². The van der Waals surface area contributed by atoms with E-state index in [1.807, 2.05) is 19.9 Å². The van der Waals surface area contributed by atoms with E-state index in [4.69, 9.17) is 18.7 Å². The summed E-state index contributed by atoms with van der Waals surface area (Å²) in [6.45, 7) is 8.39. The van der Waals surface area contributed by atoms with Gasteiger partial charge in [-0.25, -0.2) is 0 Å². The summed E-state index contributed by atoms with van der Waals surface area (Å²) in [5.41, 5.74) is 1.35. The van der Waals surface area contributed by atoms with E-state index in [1.54, 1.807) is 26.0 Å². The SMILES string of the molecule is CCOc1cc(Br)c(CC(=O)O[C@@H](C)c2cc(C)on2)cc1OCC.